The van der Waals surface area contributed by atoms with E-state index in [-0.39, 0.29) is 18.0 Å². The summed E-state index contributed by atoms with van der Waals surface area (Å²) < 4.78 is 16.1. The van der Waals surface area contributed by atoms with E-state index in [0.29, 0.717) is 25.1 Å². The van der Waals surface area contributed by atoms with E-state index >= 15 is 0 Å². The van der Waals surface area contributed by atoms with Crippen LogP contribution < -0.4 is 4.74 Å². The Balaban J connectivity index is 1.61. The smallest absolute Gasteiger partial charge is 0.328 e. The van der Waals surface area contributed by atoms with Crippen LogP contribution >= 0.6 is 0 Å². The van der Waals surface area contributed by atoms with Gasteiger partial charge in [0.15, 0.2) is 0 Å². The van der Waals surface area contributed by atoms with E-state index in [1.54, 1.807) is 29.2 Å². The number of amides is 1. The van der Waals surface area contributed by atoms with Crippen molar-refractivity contribution in [1.82, 2.24) is 4.90 Å². The van der Waals surface area contributed by atoms with E-state index in [1.807, 2.05) is 0 Å². The van der Waals surface area contributed by atoms with E-state index < -0.39 is 6.04 Å². The molecule has 0 N–H and O–H groups in total. The summed E-state index contributed by atoms with van der Waals surface area (Å²) in [4.78, 5) is 26.3. The molecule has 0 spiro atoms. The molecule has 2 saturated heterocycles. The lowest BCUT2D eigenvalue weighted by Crippen LogP contribution is -2.48. The minimum atomic E-state index is -0.485. The Hall–Kier alpha value is -2.08. The van der Waals surface area contributed by atoms with Crippen LogP contribution in [0.1, 0.15) is 42.5 Å². The van der Waals surface area contributed by atoms with E-state index in [1.165, 1.54) is 7.11 Å². The summed E-state index contributed by atoms with van der Waals surface area (Å²) in [6.45, 7) is 1.92. The summed E-state index contributed by atoms with van der Waals surface area (Å²) in [6.07, 6.45) is 4.76. The highest BCUT2D eigenvalue weighted by Crippen LogP contribution is 2.22. The van der Waals surface area contributed by atoms with Gasteiger partial charge < -0.3 is 19.1 Å². The number of nitrogens with zero attached hydrogens (tertiary/aromatic N) is 1. The van der Waals surface area contributed by atoms with Gasteiger partial charge in [-0.2, -0.15) is 0 Å². The SMILES string of the molecule is COC(=O)[C@@H]1CCCCN1C(=O)c1ccc(OC[C@H]2CCCO2)cc1. The molecule has 6 heteroatoms. The highest BCUT2D eigenvalue weighted by Gasteiger charge is 2.33. The second-order valence-electron chi connectivity index (χ2n) is 6.50. The Morgan fingerprint density at radius 2 is 1.96 bits per heavy atom. The van der Waals surface area contributed by atoms with Crippen molar-refractivity contribution in [2.45, 2.75) is 44.2 Å². The molecule has 0 bridgehead atoms. The molecule has 0 unspecified atom stereocenters. The monoisotopic (exact) mass is 347 g/mol. The highest BCUT2D eigenvalue weighted by molar-refractivity contribution is 5.97. The van der Waals surface area contributed by atoms with Crippen LogP contribution in [0, 0.1) is 0 Å². The van der Waals surface area contributed by atoms with Crippen LogP contribution in [0.15, 0.2) is 24.3 Å². The zero-order valence-corrected chi connectivity index (χ0v) is 14.6. The fourth-order valence-electron chi connectivity index (χ4n) is 3.38. The molecule has 1 aromatic rings. The summed E-state index contributed by atoms with van der Waals surface area (Å²) in [5, 5.41) is 0. The molecule has 2 atom stereocenters. The number of hydrogen-bond donors (Lipinski definition) is 0. The van der Waals surface area contributed by atoms with Gasteiger partial charge in [-0.15, -0.1) is 0 Å². The number of methoxy groups -OCH3 is 1. The molecule has 0 aromatic heterocycles. The number of rotatable bonds is 5. The highest BCUT2D eigenvalue weighted by atomic mass is 16.5. The standard InChI is InChI=1S/C19H25NO5/c1-23-19(22)17-6-2-3-11-20(17)18(21)14-7-9-15(10-8-14)25-13-16-5-4-12-24-16/h7-10,16-17H,2-6,11-13H2,1H3/t16-,17+/m1/s1. The molecule has 6 nitrogen and oxygen atoms in total. The van der Waals surface area contributed by atoms with Crippen molar-refractivity contribution in [2.24, 2.45) is 0 Å². The molecule has 2 aliphatic rings. The van der Waals surface area contributed by atoms with Crippen molar-refractivity contribution >= 4 is 11.9 Å². The van der Waals surface area contributed by atoms with Gasteiger partial charge in [-0.3, -0.25) is 4.79 Å². The Kier molecular flexibility index (Phi) is 5.91. The molecular weight excluding hydrogens is 322 g/mol. The second-order valence-corrected chi connectivity index (χ2v) is 6.50. The van der Waals surface area contributed by atoms with Gasteiger partial charge in [0.1, 0.15) is 18.4 Å². The number of likely N-dealkylation sites (tertiary alicyclic amines) is 1. The number of carbonyl (C=O) groups is 2. The maximum atomic E-state index is 12.8. The lowest BCUT2D eigenvalue weighted by atomic mass is 10.0. The predicted molar refractivity (Wildman–Crippen MR) is 91.6 cm³/mol. The summed E-state index contributed by atoms with van der Waals surface area (Å²) in [5.74, 6) is 0.237. The largest absolute Gasteiger partial charge is 0.491 e. The van der Waals surface area contributed by atoms with Crippen LogP contribution in [0.4, 0.5) is 0 Å². The topological polar surface area (TPSA) is 65.1 Å². The number of carbonyl (C=O) groups excluding carboxylic acids is 2. The van der Waals surface area contributed by atoms with Gasteiger partial charge in [-0.25, -0.2) is 4.79 Å². The van der Waals surface area contributed by atoms with Gasteiger partial charge in [-0.1, -0.05) is 0 Å². The van der Waals surface area contributed by atoms with Crippen molar-refractivity contribution in [1.29, 1.82) is 0 Å². The molecule has 0 radical (unpaired) electrons. The summed E-state index contributed by atoms with van der Waals surface area (Å²) in [5.41, 5.74) is 0.556. The van der Waals surface area contributed by atoms with Gasteiger partial charge in [-0.05, 0) is 56.4 Å². The molecule has 2 aliphatic heterocycles. The molecule has 136 valence electrons. The number of piperidine rings is 1. The zero-order valence-electron chi connectivity index (χ0n) is 14.6. The average molecular weight is 347 g/mol. The normalized spacial score (nSPS) is 23.3. The van der Waals surface area contributed by atoms with Gasteiger partial charge in [0, 0.05) is 18.7 Å². The fraction of sp³-hybridized carbons (Fsp3) is 0.579. The fourth-order valence-corrected chi connectivity index (χ4v) is 3.38. The van der Waals surface area contributed by atoms with E-state index in [2.05, 4.69) is 0 Å². The third-order valence-electron chi connectivity index (χ3n) is 4.80. The van der Waals surface area contributed by atoms with Crippen molar-refractivity contribution in [3.8, 4) is 5.75 Å². The molecular formula is C19H25NO5. The van der Waals surface area contributed by atoms with E-state index in [9.17, 15) is 9.59 Å². The molecule has 0 aliphatic carbocycles. The predicted octanol–water partition coefficient (Wildman–Crippen LogP) is 2.41. The minimum absolute atomic E-state index is 0.138. The van der Waals surface area contributed by atoms with Crippen molar-refractivity contribution < 1.29 is 23.8 Å². The summed E-state index contributed by atoms with van der Waals surface area (Å²) >= 11 is 0. The number of hydrogen-bond acceptors (Lipinski definition) is 5. The molecule has 1 aromatic carbocycles. The van der Waals surface area contributed by atoms with Crippen molar-refractivity contribution in [2.75, 3.05) is 26.9 Å². The maximum absolute atomic E-state index is 12.8. The molecule has 25 heavy (non-hydrogen) atoms. The maximum Gasteiger partial charge on any atom is 0.328 e. The van der Waals surface area contributed by atoms with Crippen molar-refractivity contribution in [3.05, 3.63) is 29.8 Å². The van der Waals surface area contributed by atoms with Crippen molar-refractivity contribution in [3.63, 3.8) is 0 Å². The molecule has 0 saturated carbocycles. The first kappa shape index (κ1) is 17.7. The third-order valence-corrected chi connectivity index (χ3v) is 4.80. The second kappa shape index (κ2) is 8.34. The Morgan fingerprint density at radius 3 is 2.64 bits per heavy atom. The summed E-state index contributed by atoms with van der Waals surface area (Å²) in [7, 11) is 1.36. The minimum Gasteiger partial charge on any atom is -0.491 e. The van der Waals surface area contributed by atoms with Gasteiger partial charge in [0.2, 0.25) is 0 Å². The lowest BCUT2D eigenvalue weighted by Gasteiger charge is -2.33. The average Bonchev–Trinajstić information content (AvgIpc) is 3.19. The Morgan fingerprint density at radius 1 is 1.16 bits per heavy atom. The van der Waals surface area contributed by atoms with Crippen LogP contribution in [0.25, 0.3) is 0 Å². The number of esters is 1. The van der Waals surface area contributed by atoms with Crippen LogP contribution in [0.3, 0.4) is 0 Å². The zero-order chi connectivity index (χ0) is 17.6. The quantitative estimate of drug-likeness (QED) is 0.766. The molecule has 1 amide bonds. The van der Waals surface area contributed by atoms with Crippen LogP contribution in [-0.2, 0) is 14.3 Å². The first-order valence-electron chi connectivity index (χ1n) is 8.92. The molecule has 2 fully saturated rings. The molecule has 2 heterocycles. The van der Waals surface area contributed by atoms with Crippen LogP contribution in [0.2, 0.25) is 0 Å². The van der Waals surface area contributed by atoms with E-state index in [4.69, 9.17) is 14.2 Å². The molecule has 3 rings (SSSR count). The number of benzene rings is 1. The van der Waals surface area contributed by atoms with Crippen LogP contribution in [0.5, 0.6) is 5.75 Å². The van der Waals surface area contributed by atoms with Gasteiger partial charge in [0.25, 0.3) is 5.91 Å². The third kappa shape index (κ3) is 4.31. The lowest BCUT2D eigenvalue weighted by molar-refractivity contribution is -0.147. The van der Waals surface area contributed by atoms with Gasteiger partial charge >= 0.3 is 5.97 Å². The first-order chi connectivity index (χ1) is 12.2. The summed E-state index contributed by atoms with van der Waals surface area (Å²) in [6, 6.07) is 6.59. The Bertz CT molecular complexity index is 594. The van der Waals surface area contributed by atoms with E-state index in [0.717, 1.165) is 38.0 Å². The number of ether oxygens (including phenoxy) is 3. The Labute approximate surface area is 148 Å². The van der Waals surface area contributed by atoms with Crippen LogP contribution in [-0.4, -0.2) is 55.8 Å². The van der Waals surface area contributed by atoms with Gasteiger partial charge in [0.05, 0.1) is 13.2 Å². The first-order valence-corrected chi connectivity index (χ1v) is 8.92.